The van der Waals surface area contributed by atoms with E-state index < -0.39 is 10.2 Å². The van der Waals surface area contributed by atoms with Gasteiger partial charge in [-0.1, -0.05) is 53.7 Å². The van der Waals surface area contributed by atoms with Crippen molar-refractivity contribution in [3.05, 3.63) is 63.7 Å². The molecule has 0 aliphatic rings. The fourth-order valence-corrected chi connectivity index (χ4v) is 3.08. The van der Waals surface area contributed by atoms with Crippen LogP contribution in [0.5, 0.6) is 0 Å². The molecule has 0 aliphatic heterocycles. The first-order valence-corrected chi connectivity index (χ1v) is 9.09. The Morgan fingerprint density at radius 3 is 2.74 bits per heavy atom. The Morgan fingerprint density at radius 1 is 1.30 bits per heavy atom. The van der Waals surface area contributed by atoms with E-state index in [0.717, 1.165) is 17.3 Å². The van der Waals surface area contributed by atoms with Gasteiger partial charge in [0.25, 0.3) is 5.69 Å². The molecule has 0 saturated carbocycles. The van der Waals surface area contributed by atoms with Crippen molar-refractivity contribution < 1.29 is 9.72 Å². The van der Waals surface area contributed by atoms with Crippen LogP contribution in [-0.2, 0) is 4.79 Å². The first-order valence-electron chi connectivity index (χ1n) is 7.83. The number of H-pyrrole nitrogens is 1. The smallest absolute Gasteiger partial charge is 0.271 e. The fourth-order valence-electron chi connectivity index (χ4n) is 2.19. The summed E-state index contributed by atoms with van der Waals surface area (Å²) < 4.78 is 0. The Labute approximate surface area is 163 Å². The molecule has 0 saturated heterocycles. The van der Waals surface area contributed by atoms with E-state index in [-0.39, 0.29) is 22.3 Å². The van der Waals surface area contributed by atoms with E-state index in [4.69, 9.17) is 11.6 Å². The third-order valence-electron chi connectivity index (χ3n) is 3.58. The molecule has 1 atom stereocenters. The summed E-state index contributed by atoms with van der Waals surface area (Å²) in [6.45, 7) is 1.68. The van der Waals surface area contributed by atoms with E-state index in [1.54, 1.807) is 6.92 Å². The molecular weight excluding hydrogens is 390 g/mol. The number of rotatable bonds is 6. The average molecular weight is 404 g/mol. The summed E-state index contributed by atoms with van der Waals surface area (Å²) in [5.74, 6) is 0.237. The van der Waals surface area contributed by atoms with E-state index in [1.807, 2.05) is 30.3 Å². The van der Waals surface area contributed by atoms with E-state index in [9.17, 15) is 14.9 Å². The van der Waals surface area contributed by atoms with Gasteiger partial charge in [-0.05, 0) is 13.0 Å². The quantitative estimate of drug-likeness (QED) is 0.363. The molecule has 0 spiro atoms. The third-order valence-corrected chi connectivity index (χ3v) is 4.87. The van der Waals surface area contributed by atoms with Gasteiger partial charge in [0, 0.05) is 17.7 Å². The molecule has 1 aromatic heterocycles. The number of non-ortho nitro benzene ring substituents is 1. The highest BCUT2D eigenvalue weighted by Crippen LogP contribution is 2.28. The molecule has 8 nitrogen and oxygen atoms in total. The summed E-state index contributed by atoms with van der Waals surface area (Å²) >= 11 is 7.17. The topological polar surface area (TPSA) is 114 Å². The van der Waals surface area contributed by atoms with Crippen LogP contribution in [0.2, 0.25) is 5.02 Å². The maximum atomic E-state index is 12.4. The van der Waals surface area contributed by atoms with E-state index >= 15 is 0 Å². The molecule has 3 aromatic rings. The predicted octanol–water partition coefficient (Wildman–Crippen LogP) is 4.15. The molecule has 1 unspecified atom stereocenters. The minimum Gasteiger partial charge on any atom is -0.324 e. The minimum absolute atomic E-state index is 0.156. The van der Waals surface area contributed by atoms with Crippen LogP contribution in [0.3, 0.4) is 0 Å². The van der Waals surface area contributed by atoms with Gasteiger partial charge in [-0.3, -0.25) is 20.0 Å². The number of carbonyl (C=O) groups excluding carboxylic acids is 1. The van der Waals surface area contributed by atoms with Crippen molar-refractivity contribution in [2.45, 2.75) is 17.3 Å². The van der Waals surface area contributed by atoms with Crippen molar-refractivity contribution >= 4 is 40.6 Å². The molecule has 138 valence electrons. The van der Waals surface area contributed by atoms with Gasteiger partial charge in [-0.25, -0.2) is 4.98 Å². The lowest BCUT2D eigenvalue weighted by Gasteiger charge is -2.11. The zero-order valence-electron chi connectivity index (χ0n) is 14.0. The van der Waals surface area contributed by atoms with Crippen molar-refractivity contribution in [3.8, 4) is 11.4 Å². The number of halogens is 1. The van der Waals surface area contributed by atoms with Crippen LogP contribution in [0.15, 0.2) is 53.7 Å². The van der Waals surface area contributed by atoms with Crippen molar-refractivity contribution in [1.29, 1.82) is 0 Å². The summed E-state index contributed by atoms with van der Waals surface area (Å²) in [7, 11) is 0. The maximum absolute atomic E-state index is 12.4. The molecule has 0 aliphatic carbocycles. The molecule has 27 heavy (non-hydrogen) atoms. The highest BCUT2D eigenvalue weighted by Gasteiger charge is 2.19. The third kappa shape index (κ3) is 4.63. The van der Waals surface area contributed by atoms with Crippen molar-refractivity contribution in [2.24, 2.45) is 0 Å². The number of aromatic amines is 1. The van der Waals surface area contributed by atoms with E-state index in [0.29, 0.717) is 11.0 Å². The molecule has 3 rings (SSSR count). The molecule has 1 amide bonds. The number of anilines is 1. The van der Waals surface area contributed by atoms with Crippen LogP contribution in [0.25, 0.3) is 11.4 Å². The largest absolute Gasteiger partial charge is 0.324 e. The van der Waals surface area contributed by atoms with Crippen LogP contribution in [-0.4, -0.2) is 31.3 Å². The fraction of sp³-hybridized carbons (Fsp3) is 0.118. The standard InChI is InChI=1S/C17H14ClN5O3S/c1-10(16(24)19-14-9-12(23(25)26)7-8-13(14)18)27-17-20-15(21-22-17)11-5-3-2-4-6-11/h2-10H,1H3,(H,19,24)(H,20,21,22). The van der Waals surface area contributed by atoms with Crippen LogP contribution < -0.4 is 5.32 Å². The first kappa shape index (κ1) is 18.9. The van der Waals surface area contributed by atoms with Crippen molar-refractivity contribution in [2.75, 3.05) is 5.32 Å². The Balaban J connectivity index is 1.67. The SMILES string of the molecule is CC(Sc1n[nH]c(-c2ccccc2)n1)C(=O)Nc1cc([N+](=O)[O-])ccc1Cl. The van der Waals surface area contributed by atoms with Crippen molar-refractivity contribution in [1.82, 2.24) is 15.2 Å². The van der Waals surface area contributed by atoms with Gasteiger partial charge in [0.15, 0.2) is 5.82 Å². The summed E-state index contributed by atoms with van der Waals surface area (Å²) in [6.07, 6.45) is 0. The number of carbonyl (C=O) groups is 1. The van der Waals surface area contributed by atoms with Crippen LogP contribution >= 0.6 is 23.4 Å². The van der Waals surface area contributed by atoms with E-state index in [2.05, 4.69) is 20.5 Å². The molecular formula is C17H14ClN5O3S. The predicted molar refractivity (Wildman–Crippen MR) is 104 cm³/mol. The van der Waals surface area contributed by atoms with Crippen LogP contribution in [0.4, 0.5) is 11.4 Å². The van der Waals surface area contributed by atoms with Gasteiger partial charge in [0.1, 0.15) is 0 Å². The monoisotopic (exact) mass is 403 g/mol. The summed E-state index contributed by atoms with van der Waals surface area (Å²) in [6, 6.07) is 13.3. The van der Waals surface area contributed by atoms with Gasteiger partial charge in [-0.15, -0.1) is 5.10 Å². The van der Waals surface area contributed by atoms with E-state index in [1.165, 1.54) is 18.2 Å². The lowest BCUT2D eigenvalue weighted by molar-refractivity contribution is -0.384. The second-order valence-electron chi connectivity index (χ2n) is 5.50. The summed E-state index contributed by atoms with van der Waals surface area (Å²) in [5, 5.41) is 20.5. The molecule has 0 fully saturated rings. The summed E-state index contributed by atoms with van der Waals surface area (Å²) in [5.41, 5.74) is 0.914. The number of nitro groups is 1. The number of hydrogen-bond acceptors (Lipinski definition) is 6. The van der Waals surface area contributed by atoms with Gasteiger partial charge in [-0.2, -0.15) is 0 Å². The van der Waals surface area contributed by atoms with Gasteiger partial charge >= 0.3 is 0 Å². The second-order valence-corrected chi connectivity index (χ2v) is 7.22. The first-order chi connectivity index (χ1) is 12.9. The van der Waals surface area contributed by atoms with Crippen LogP contribution in [0.1, 0.15) is 6.92 Å². The van der Waals surface area contributed by atoms with Gasteiger partial charge in [0.2, 0.25) is 11.1 Å². The van der Waals surface area contributed by atoms with Crippen LogP contribution in [0, 0.1) is 10.1 Å². The molecule has 0 bridgehead atoms. The zero-order valence-corrected chi connectivity index (χ0v) is 15.6. The Kier molecular flexibility index (Phi) is 5.72. The average Bonchev–Trinajstić information content (AvgIpc) is 3.12. The highest BCUT2D eigenvalue weighted by atomic mass is 35.5. The lowest BCUT2D eigenvalue weighted by Crippen LogP contribution is -2.22. The van der Waals surface area contributed by atoms with Crippen molar-refractivity contribution in [3.63, 3.8) is 0 Å². The molecule has 1 heterocycles. The number of benzene rings is 2. The minimum atomic E-state index is -0.553. The second kappa shape index (κ2) is 8.19. The number of nitrogens with one attached hydrogen (secondary N) is 2. The maximum Gasteiger partial charge on any atom is 0.271 e. The normalized spacial score (nSPS) is 11.8. The Morgan fingerprint density at radius 2 is 2.04 bits per heavy atom. The lowest BCUT2D eigenvalue weighted by atomic mass is 10.2. The molecule has 10 heteroatoms. The number of thioether (sulfide) groups is 1. The molecule has 2 N–H and O–H groups in total. The number of aromatic nitrogens is 3. The Bertz CT molecular complexity index is 980. The molecule has 2 aromatic carbocycles. The van der Waals surface area contributed by atoms with Gasteiger partial charge < -0.3 is 5.32 Å². The number of nitrogens with zero attached hydrogens (tertiary/aromatic N) is 3. The summed E-state index contributed by atoms with van der Waals surface area (Å²) in [4.78, 5) is 27.1. The number of hydrogen-bond donors (Lipinski definition) is 2. The zero-order chi connectivity index (χ0) is 19.4. The Hall–Kier alpha value is -2.91. The number of amides is 1. The highest BCUT2D eigenvalue weighted by molar-refractivity contribution is 8.00. The van der Waals surface area contributed by atoms with Gasteiger partial charge in [0.05, 0.1) is 20.9 Å². The number of nitro benzene ring substituents is 1. The molecule has 0 radical (unpaired) electrons.